The predicted octanol–water partition coefficient (Wildman–Crippen LogP) is 1.84. The number of aliphatic hydroxyl groups excluding tert-OH is 2. The Labute approximate surface area is 80.0 Å². The van der Waals surface area contributed by atoms with Gasteiger partial charge in [0.05, 0.1) is 12.2 Å². The van der Waals surface area contributed by atoms with Crippen LogP contribution in [0.2, 0.25) is 0 Å². The first-order valence-corrected chi connectivity index (χ1v) is 5.62. The summed E-state index contributed by atoms with van der Waals surface area (Å²) in [5, 5.41) is 20.0. The fourth-order valence-electron chi connectivity index (χ4n) is 3.18. The molecule has 0 aromatic carbocycles. The van der Waals surface area contributed by atoms with E-state index in [2.05, 4.69) is 0 Å². The molecule has 0 radical (unpaired) electrons. The van der Waals surface area contributed by atoms with E-state index in [-0.39, 0.29) is 17.6 Å². The highest BCUT2D eigenvalue weighted by Gasteiger charge is 2.47. The average molecular weight is 184 g/mol. The predicted molar refractivity (Wildman–Crippen MR) is 51.4 cm³/mol. The lowest BCUT2D eigenvalue weighted by molar-refractivity contribution is -0.0552. The fraction of sp³-hybridized carbons (Fsp3) is 1.00. The topological polar surface area (TPSA) is 40.5 Å². The third kappa shape index (κ3) is 1.50. The van der Waals surface area contributed by atoms with Crippen LogP contribution in [-0.4, -0.2) is 22.4 Å². The molecular formula is C11H20O2. The molecule has 0 bridgehead atoms. The number of hydrogen-bond donors (Lipinski definition) is 2. The summed E-state index contributed by atoms with van der Waals surface area (Å²) in [6, 6.07) is 0. The Hall–Kier alpha value is -0.0800. The SMILES string of the molecule is O[C@@H]1CCCCC[C@@]12CCC[C@H]2O. The summed E-state index contributed by atoms with van der Waals surface area (Å²) in [7, 11) is 0. The largest absolute Gasteiger partial charge is 0.392 e. The summed E-state index contributed by atoms with van der Waals surface area (Å²) in [6.45, 7) is 0. The third-order valence-corrected chi connectivity index (χ3v) is 4.07. The summed E-state index contributed by atoms with van der Waals surface area (Å²) < 4.78 is 0. The van der Waals surface area contributed by atoms with Crippen molar-refractivity contribution in [1.82, 2.24) is 0 Å². The zero-order valence-corrected chi connectivity index (χ0v) is 8.21. The molecule has 2 fully saturated rings. The van der Waals surface area contributed by atoms with E-state index in [0.29, 0.717) is 0 Å². The molecule has 0 unspecified atom stereocenters. The molecule has 76 valence electrons. The number of aliphatic hydroxyl groups is 2. The maximum Gasteiger partial charge on any atom is 0.0621 e. The molecule has 2 aliphatic carbocycles. The van der Waals surface area contributed by atoms with Gasteiger partial charge in [-0.3, -0.25) is 0 Å². The monoisotopic (exact) mass is 184 g/mol. The minimum atomic E-state index is -0.243. The van der Waals surface area contributed by atoms with E-state index in [9.17, 15) is 10.2 Å². The van der Waals surface area contributed by atoms with Gasteiger partial charge in [-0.1, -0.05) is 25.7 Å². The van der Waals surface area contributed by atoms with Crippen LogP contribution in [0.3, 0.4) is 0 Å². The molecule has 2 rings (SSSR count). The Morgan fingerprint density at radius 2 is 1.38 bits per heavy atom. The normalized spacial score (nSPS) is 46.6. The van der Waals surface area contributed by atoms with E-state index < -0.39 is 0 Å². The average Bonchev–Trinajstić information content (AvgIpc) is 2.36. The molecule has 0 aliphatic heterocycles. The quantitative estimate of drug-likeness (QED) is 0.603. The third-order valence-electron chi connectivity index (χ3n) is 4.07. The van der Waals surface area contributed by atoms with Crippen LogP contribution >= 0.6 is 0 Å². The summed E-state index contributed by atoms with van der Waals surface area (Å²) in [5.74, 6) is 0. The molecule has 0 heterocycles. The van der Waals surface area contributed by atoms with E-state index >= 15 is 0 Å². The minimum absolute atomic E-state index is 0.115. The molecule has 2 aliphatic rings. The Bertz CT molecular complexity index is 181. The molecule has 2 N–H and O–H groups in total. The second kappa shape index (κ2) is 3.58. The van der Waals surface area contributed by atoms with Crippen molar-refractivity contribution in [2.75, 3.05) is 0 Å². The molecule has 1 spiro atoms. The Morgan fingerprint density at radius 1 is 0.769 bits per heavy atom. The molecule has 2 heteroatoms. The van der Waals surface area contributed by atoms with Gasteiger partial charge in [-0.15, -0.1) is 0 Å². The van der Waals surface area contributed by atoms with Gasteiger partial charge in [-0.25, -0.2) is 0 Å². The smallest absolute Gasteiger partial charge is 0.0621 e. The van der Waals surface area contributed by atoms with Crippen molar-refractivity contribution in [3.05, 3.63) is 0 Å². The Morgan fingerprint density at radius 3 is 2.08 bits per heavy atom. The van der Waals surface area contributed by atoms with E-state index in [1.165, 1.54) is 12.8 Å². The van der Waals surface area contributed by atoms with Crippen LogP contribution in [0.1, 0.15) is 51.4 Å². The maximum absolute atomic E-state index is 10.0. The van der Waals surface area contributed by atoms with Crippen molar-refractivity contribution < 1.29 is 10.2 Å². The first kappa shape index (κ1) is 9.47. The summed E-state index contributed by atoms with van der Waals surface area (Å²) in [4.78, 5) is 0. The lowest BCUT2D eigenvalue weighted by Gasteiger charge is -2.36. The van der Waals surface area contributed by atoms with Crippen molar-refractivity contribution in [1.29, 1.82) is 0 Å². The Kier molecular flexibility index (Phi) is 2.61. The molecule has 2 nitrogen and oxygen atoms in total. The molecule has 3 atom stereocenters. The number of rotatable bonds is 0. The van der Waals surface area contributed by atoms with Crippen molar-refractivity contribution >= 4 is 0 Å². The molecule has 13 heavy (non-hydrogen) atoms. The van der Waals surface area contributed by atoms with Gasteiger partial charge in [0.25, 0.3) is 0 Å². The van der Waals surface area contributed by atoms with Crippen molar-refractivity contribution in [3.63, 3.8) is 0 Å². The summed E-state index contributed by atoms with van der Waals surface area (Å²) >= 11 is 0. The van der Waals surface area contributed by atoms with Gasteiger partial charge in [0.2, 0.25) is 0 Å². The zero-order valence-electron chi connectivity index (χ0n) is 8.21. The Balaban J connectivity index is 2.16. The second-order valence-electron chi connectivity index (χ2n) is 4.76. The van der Waals surface area contributed by atoms with Gasteiger partial charge < -0.3 is 10.2 Å². The highest BCUT2D eigenvalue weighted by Crippen LogP contribution is 2.48. The van der Waals surface area contributed by atoms with Crippen molar-refractivity contribution in [3.8, 4) is 0 Å². The minimum Gasteiger partial charge on any atom is -0.392 e. The highest BCUT2D eigenvalue weighted by atomic mass is 16.3. The summed E-state index contributed by atoms with van der Waals surface area (Å²) in [5.41, 5.74) is -0.115. The first-order valence-electron chi connectivity index (χ1n) is 5.62. The van der Waals surface area contributed by atoms with Gasteiger partial charge in [0.15, 0.2) is 0 Å². The fourth-order valence-corrected chi connectivity index (χ4v) is 3.18. The maximum atomic E-state index is 10.0. The first-order chi connectivity index (χ1) is 6.26. The van der Waals surface area contributed by atoms with E-state index in [0.717, 1.165) is 38.5 Å². The molecule has 0 aromatic rings. The molecule has 2 saturated carbocycles. The van der Waals surface area contributed by atoms with Crippen LogP contribution in [0.4, 0.5) is 0 Å². The van der Waals surface area contributed by atoms with Gasteiger partial charge >= 0.3 is 0 Å². The zero-order chi connectivity index (χ0) is 9.31. The van der Waals surface area contributed by atoms with Gasteiger partial charge in [-0.05, 0) is 25.7 Å². The molecular weight excluding hydrogens is 164 g/mol. The van der Waals surface area contributed by atoms with Gasteiger partial charge in [0, 0.05) is 5.41 Å². The lowest BCUT2D eigenvalue weighted by atomic mass is 9.75. The van der Waals surface area contributed by atoms with Crippen LogP contribution in [0.5, 0.6) is 0 Å². The van der Waals surface area contributed by atoms with Crippen LogP contribution < -0.4 is 0 Å². The van der Waals surface area contributed by atoms with E-state index in [4.69, 9.17) is 0 Å². The molecule has 0 amide bonds. The van der Waals surface area contributed by atoms with Crippen LogP contribution in [-0.2, 0) is 0 Å². The standard InChI is InChI=1S/C11H20O2/c12-9-5-2-1-3-7-11(9)8-4-6-10(11)13/h9-10,12-13H,1-8H2/t9-,10-,11-/m1/s1. The lowest BCUT2D eigenvalue weighted by Crippen LogP contribution is -2.40. The summed E-state index contributed by atoms with van der Waals surface area (Å²) in [6.07, 6.45) is 8.04. The van der Waals surface area contributed by atoms with Gasteiger partial charge in [0.1, 0.15) is 0 Å². The van der Waals surface area contributed by atoms with Crippen molar-refractivity contribution in [2.45, 2.75) is 63.6 Å². The number of hydrogen-bond acceptors (Lipinski definition) is 2. The van der Waals surface area contributed by atoms with Crippen LogP contribution in [0.15, 0.2) is 0 Å². The van der Waals surface area contributed by atoms with Crippen LogP contribution in [0.25, 0.3) is 0 Å². The molecule has 0 saturated heterocycles. The highest BCUT2D eigenvalue weighted by molar-refractivity contribution is 4.98. The van der Waals surface area contributed by atoms with E-state index in [1.54, 1.807) is 0 Å². The van der Waals surface area contributed by atoms with E-state index in [1.807, 2.05) is 0 Å². The van der Waals surface area contributed by atoms with Gasteiger partial charge in [-0.2, -0.15) is 0 Å². The molecule has 0 aromatic heterocycles. The second-order valence-corrected chi connectivity index (χ2v) is 4.76. The van der Waals surface area contributed by atoms with Crippen molar-refractivity contribution in [2.24, 2.45) is 5.41 Å². The van der Waals surface area contributed by atoms with Crippen LogP contribution in [0, 0.1) is 5.41 Å².